The van der Waals surface area contributed by atoms with Crippen LogP contribution in [-0.2, 0) is 14.9 Å². The fourth-order valence-electron chi connectivity index (χ4n) is 9.93. The summed E-state index contributed by atoms with van der Waals surface area (Å²) in [6.45, 7) is 9.68. The molecule has 0 bridgehead atoms. The maximum absolute atomic E-state index is 11.9. The Morgan fingerprint density at radius 3 is 2.37 bits per heavy atom. The number of aliphatic hydroxyl groups is 2. The van der Waals surface area contributed by atoms with Crippen LogP contribution in [0, 0.1) is 52.3 Å². The van der Waals surface area contributed by atoms with Gasteiger partial charge in [-0.05, 0) is 110 Å². The molecule has 0 heterocycles. The Morgan fingerprint density at radius 1 is 1.05 bits per heavy atom. The van der Waals surface area contributed by atoms with E-state index in [0.717, 1.165) is 36.4 Å². The summed E-state index contributed by atoms with van der Waals surface area (Å²) < 4.78 is 31.6. The average Bonchev–Trinajstić information content (AvgIpc) is 3.20. The van der Waals surface area contributed by atoms with Crippen LogP contribution < -0.4 is 4.72 Å². The average molecular weight is 557 g/mol. The number of rotatable bonds is 8. The highest BCUT2D eigenvalue weighted by molar-refractivity contribution is 7.87. The van der Waals surface area contributed by atoms with Gasteiger partial charge < -0.3 is 14.9 Å². The molecule has 0 aliphatic heterocycles. The van der Waals surface area contributed by atoms with Gasteiger partial charge >= 0.3 is 16.3 Å². The van der Waals surface area contributed by atoms with Crippen LogP contribution in [0.2, 0.25) is 0 Å². The first kappa shape index (κ1) is 30.1. The van der Waals surface area contributed by atoms with Crippen molar-refractivity contribution in [3.63, 3.8) is 0 Å². The molecule has 4 aliphatic rings. The third-order valence-corrected chi connectivity index (χ3v) is 13.3. The first-order chi connectivity index (χ1) is 17.8. The molecule has 0 saturated heterocycles. The normalized spacial score (nSPS) is 43.6. The second-order valence-electron chi connectivity index (χ2n) is 13.8. The molecule has 4 rings (SSSR count). The van der Waals surface area contributed by atoms with Gasteiger partial charge in [-0.25, -0.2) is 9.52 Å². The topological polar surface area (TPSA) is 116 Å². The molecule has 4 saturated carbocycles. The van der Waals surface area contributed by atoms with Crippen molar-refractivity contribution in [2.45, 2.75) is 104 Å². The summed E-state index contributed by atoms with van der Waals surface area (Å²) in [7, 11) is -1.14. The van der Waals surface area contributed by atoms with E-state index in [1.807, 2.05) is 4.72 Å². The van der Waals surface area contributed by atoms with Crippen LogP contribution in [-0.4, -0.2) is 61.9 Å². The Morgan fingerprint density at radius 2 is 1.71 bits per heavy atom. The third kappa shape index (κ3) is 5.26. The van der Waals surface area contributed by atoms with E-state index < -0.39 is 16.3 Å². The number of amides is 1. The number of nitrogens with zero attached hydrogens (tertiary/aromatic N) is 1. The van der Waals surface area contributed by atoms with Gasteiger partial charge in [0.2, 0.25) is 0 Å². The van der Waals surface area contributed by atoms with Crippen molar-refractivity contribution in [3.05, 3.63) is 0 Å². The van der Waals surface area contributed by atoms with Gasteiger partial charge in [0.05, 0.1) is 18.8 Å². The van der Waals surface area contributed by atoms with Gasteiger partial charge in [0.1, 0.15) is 0 Å². The molecule has 1 amide bonds. The van der Waals surface area contributed by atoms with Crippen molar-refractivity contribution in [3.8, 4) is 0 Å². The number of hydrogen-bond donors (Lipinski definition) is 3. The zero-order chi connectivity index (χ0) is 28.0. The predicted molar refractivity (Wildman–Crippen MR) is 147 cm³/mol. The number of nitrogens with one attached hydrogen (secondary N) is 1. The molecule has 4 fully saturated rings. The quantitative estimate of drug-likeness (QED) is 0.378. The van der Waals surface area contributed by atoms with Crippen LogP contribution in [0.5, 0.6) is 0 Å². The molecular weight excluding hydrogens is 504 g/mol. The fourth-order valence-corrected chi connectivity index (χ4v) is 10.4. The molecule has 0 spiro atoms. The maximum Gasteiger partial charge on any atom is 0.421 e. The van der Waals surface area contributed by atoms with Crippen LogP contribution in [0.4, 0.5) is 4.79 Å². The Hall–Kier alpha value is -0.900. The number of fused-ring (bicyclic) bond motifs is 5. The van der Waals surface area contributed by atoms with Crippen LogP contribution in [0.1, 0.15) is 91.9 Å². The lowest BCUT2D eigenvalue weighted by Gasteiger charge is -2.64. The second kappa shape index (κ2) is 11.2. The monoisotopic (exact) mass is 556 g/mol. The van der Waals surface area contributed by atoms with Crippen molar-refractivity contribution in [2.24, 2.45) is 52.3 Å². The molecule has 0 aromatic heterocycles. The molecule has 8 nitrogen and oxygen atoms in total. The highest BCUT2D eigenvalue weighted by Crippen LogP contribution is 2.69. The summed E-state index contributed by atoms with van der Waals surface area (Å²) >= 11 is 0. The molecule has 3 N–H and O–H groups in total. The first-order valence-corrected chi connectivity index (χ1v) is 16.4. The minimum Gasteiger partial charge on any atom is -0.449 e. The van der Waals surface area contributed by atoms with Crippen molar-refractivity contribution < 1.29 is 28.2 Å². The highest BCUT2D eigenvalue weighted by atomic mass is 32.2. The van der Waals surface area contributed by atoms with E-state index in [2.05, 4.69) is 27.7 Å². The van der Waals surface area contributed by atoms with E-state index in [1.54, 1.807) is 0 Å². The van der Waals surface area contributed by atoms with Gasteiger partial charge in [0.15, 0.2) is 0 Å². The molecule has 220 valence electrons. The van der Waals surface area contributed by atoms with Crippen LogP contribution in [0.15, 0.2) is 0 Å². The number of carbonyl (C=O) groups is 1. The lowest BCUT2D eigenvalue weighted by atomic mass is 9.41. The van der Waals surface area contributed by atoms with E-state index in [0.29, 0.717) is 41.9 Å². The molecule has 0 aromatic carbocycles. The Kier molecular flexibility index (Phi) is 8.84. The molecule has 0 radical (unpaired) electrons. The van der Waals surface area contributed by atoms with E-state index in [-0.39, 0.29) is 35.6 Å². The van der Waals surface area contributed by atoms with Crippen molar-refractivity contribution in [2.75, 3.05) is 20.7 Å². The van der Waals surface area contributed by atoms with Gasteiger partial charge in [-0.15, -0.1) is 0 Å². The van der Waals surface area contributed by atoms with Gasteiger partial charge in [0, 0.05) is 14.1 Å². The van der Waals surface area contributed by atoms with Crippen LogP contribution in [0.3, 0.4) is 0 Å². The summed E-state index contributed by atoms with van der Waals surface area (Å²) in [6.07, 6.45) is 8.70. The molecule has 4 aliphatic carbocycles. The van der Waals surface area contributed by atoms with Gasteiger partial charge in [0.25, 0.3) is 0 Å². The summed E-state index contributed by atoms with van der Waals surface area (Å²) in [4.78, 5) is 11.9. The Bertz CT molecular complexity index is 959. The van der Waals surface area contributed by atoms with E-state index in [4.69, 9.17) is 4.74 Å². The molecule has 9 heteroatoms. The summed E-state index contributed by atoms with van der Waals surface area (Å²) in [5, 5.41) is 22.3. The molecular formula is C29H52N2O6S. The SMILES string of the molecule is CC[C@H]1[C@@H](O)[C@@H]2[C@H](CC[C@]3(C)[C@@H]([C@H](C)CCCOC(=O)NS(=O)(=O)N(C)C)CC[C@@H]23)[C@@]2(C)CC[C@@H](O)C[C@@H]12. The minimum absolute atomic E-state index is 0.194. The number of ether oxygens (including phenoxy) is 1. The lowest BCUT2D eigenvalue weighted by molar-refractivity contribution is -0.203. The number of carbonyl (C=O) groups excluding carboxylic acids is 1. The van der Waals surface area contributed by atoms with E-state index >= 15 is 0 Å². The summed E-state index contributed by atoms with van der Waals surface area (Å²) in [5.41, 5.74) is 0.419. The van der Waals surface area contributed by atoms with E-state index in [1.165, 1.54) is 39.8 Å². The first-order valence-electron chi connectivity index (χ1n) is 15.0. The summed E-state index contributed by atoms with van der Waals surface area (Å²) in [6, 6.07) is 0. The molecule has 38 heavy (non-hydrogen) atoms. The maximum atomic E-state index is 11.9. The Balaban J connectivity index is 1.39. The van der Waals surface area contributed by atoms with Crippen LogP contribution >= 0.6 is 0 Å². The highest BCUT2D eigenvalue weighted by Gasteiger charge is 2.64. The van der Waals surface area contributed by atoms with Crippen molar-refractivity contribution in [1.29, 1.82) is 0 Å². The van der Waals surface area contributed by atoms with E-state index in [9.17, 15) is 23.4 Å². The third-order valence-electron chi connectivity index (χ3n) is 11.9. The number of aliphatic hydroxyl groups excluding tert-OH is 2. The largest absolute Gasteiger partial charge is 0.449 e. The van der Waals surface area contributed by atoms with Gasteiger partial charge in [-0.2, -0.15) is 12.7 Å². The standard InChI is InChI=1S/C29H52N2O6S/c1-7-20-24-17-19(32)12-14-29(24,4)23-13-15-28(3)21(10-11-22(28)25(23)26(20)33)18(2)9-8-16-37-27(34)30-38(35,36)31(5)6/h18-26,32-33H,7-17H2,1-6H3,(H,30,34)/t18-,19-,20-,21-,22+,23+,24+,25+,26-,28-,29-/m1/s1. The number of hydrogen-bond acceptors (Lipinski definition) is 6. The van der Waals surface area contributed by atoms with Crippen molar-refractivity contribution in [1.82, 2.24) is 9.03 Å². The molecule has 11 atom stereocenters. The smallest absolute Gasteiger partial charge is 0.421 e. The predicted octanol–water partition coefficient (Wildman–Crippen LogP) is 4.56. The zero-order valence-electron chi connectivity index (χ0n) is 24.4. The van der Waals surface area contributed by atoms with Crippen molar-refractivity contribution >= 4 is 16.3 Å². The molecule has 0 unspecified atom stereocenters. The Labute approximate surface area is 230 Å². The van der Waals surface area contributed by atoms with Gasteiger partial charge in [-0.1, -0.05) is 34.1 Å². The zero-order valence-corrected chi connectivity index (χ0v) is 25.2. The minimum atomic E-state index is -3.84. The second-order valence-corrected chi connectivity index (χ2v) is 15.7. The fraction of sp³-hybridized carbons (Fsp3) is 0.966. The lowest BCUT2D eigenvalue weighted by Crippen LogP contribution is -2.62. The van der Waals surface area contributed by atoms with Crippen LogP contribution in [0.25, 0.3) is 0 Å². The summed E-state index contributed by atoms with van der Waals surface area (Å²) in [5.74, 6) is 3.14. The molecule has 0 aromatic rings. The van der Waals surface area contributed by atoms with Gasteiger partial charge in [-0.3, -0.25) is 0 Å².